The van der Waals surface area contributed by atoms with E-state index < -0.39 is 0 Å². The molecule has 0 heterocycles. The maximum atomic E-state index is 9.50. The molecule has 64 valence electrons. The van der Waals surface area contributed by atoms with Crippen LogP contribution in [0.5, 0.6) is 0 Å². The number of hydrogen-bond acceptors (Lipinski definition) is 2. The Bertz CT molecular complexity index is 148. The van der Waals surface area contributed by atoms with Crippen LogP contribution in [0, 0.1) is 11.8 Å². The highest BCUT2D eigenvalue weighted by Crippen LogP contribution is 2.41. The standard InChI is InChI=1S/C9H17NO/c10-9-7-4-2-1-3-6(7)5-8(9)11/h6-9,11H,1-5,10H2/t6-,7-,8+,9-/m1/s1. The van der Waals surface area contributed by atoms with Gasteiger partial charge in [-0.1, -0.05) is 19.3 Å². The van der Waals surface area contributed by atoms with Crippen molar-refractivity contribution >= 4 is 0 Å². The molecule has 0 aromatic rings. The first kappa shape index (κ1) is 7.56. The molecule has 2 saturated carbocycles. The number of fused-ring (bicyclic) bond motifs is 1. The Labute approximate surface area is 67.8 Å². The van der Waals surface area contributed by atoms with Gasteiger partial charge in [0.25, 0.3) is 0 Å². The average Bonchev–Trinajstić information content (AvgIpc) is 2.30. The molecule has 0 saturated heterocycles. The highest BCUT2D eigenvalue weighted by Gasteiger charge is 2.40. The largest absolute Gasteiger partial charge is 0.391 e. The van der Waals surface area contributed by atoms with Crippen LogP contribution < -0.4 is 5.73 Å². The van der Waals surface area contributed by atoms with Crippen LogP contribution >= 0.6 is 0 Å². The van der Waals surface area contributed by atoms with Gasteiger partial charge in [-0.2, -0.15) is 0 Å². The third-order valence-corrected chi connectivity index (χ3v) is 3.45. The van der Waals surface area contributed by atoms with Crippen LogP contribution in [0.3, 0.4) is 0 Å². The van der Waals surface area contributed by atoms with Gasteiger partial charge < -0.3 is 10.8 Å². The zero-order chi connectivity index (χ0) is 7.84. The molecule has 0 bridgehead atoms. The van der Waals surface area contributed by atoms with Crippen molar-refractivity contribution in [2.75, 3.05) is 0 Å². The zero-order valence-electron chi connectivity index (χ0n) is 6.87. The third kappa shape index (κ3) is 1.18. The van der Waals surface area contributed by atoms with Crippen molar-refractivity contribution in [1.82, 2.24) is 0 Å². The number of nitrogens with two attached hydrogens (primary N) is 1. The van der Waals surface area contributed by atoms with Crippen LogP contribution in [0.15, 0.2) is 0 Å². The molecule has 0 amide bonds. The lowest BCUT2D eigenvalue weighted by atomic mass is 9.80. The van der Waals surface area contributed by atoms with E-state index in [1.54, 1.807) is 0 Å². The minimum absolute atomic E-state index is 0.0836. The molecule has 2 rings (SSSR count). The molecule has 0 aromatic heterocycles. The van der Waals surface area contributed by atoms with Crippen LogP contribution in [0.25, 0.3) is 0 Å². The monoisotopic (exact) mass is 155 g/mol. The second-order valence-electron chi connectivity index (χ2n) is 4.09. The van der Waals surface area contributed by atoms with Gasteiger partial charge >= 0.3 is 0 Å². The summed E-state index contributed by atoms with van der Waals surface area (Å²) in [6.45, 7) is 0. The lowest BCUT2D eigenvalue weighted by molar-refractivity contribution is 0.155. The van der Waals surface area contributed by atoms with Crippen LogP contribution in [0.1, 0.15) is 32.1 Å². The Morgan fingerprint density at radius 2 is 1.91 bits per heavy atom. The molecule has 3 N–H and O–H groups in total. The molecular weight excluding hydrogens is 138 g/mol. The highest BCUT2D eigenvalue weighted by atomic mass is 16.3. The maximum Gasteiger partial charge on any atom is 0.0696 e. The first-order valence-corrected chi connectivity index (χ1v) is 4.72. The number of aliphatic hydroxyl groups excluding tert-OH is 1. The fourth-order valence-electron chi connectivity index (χ4n) is 2.79. The van der Waals surface area contributed by atoms with Crippen molar-refractivity contribution in [1.29, 1.82) is 0 Å². The minimum atomic E-state index is -0.205. The molecule has 0 unspecified atom stereocenters. The van der Waals surface area contributed by atoms with E-state index in [9.17, 15) is 5.11 Å². The van der Waals surface area contributed by atoms with Gasteiger partial charge in [-0.25, -0.2) is 0 Å². The van der Waals surface area contributed by atoms with Gasteiger partial charge in [-0.15, -0.1) is 0 Å². The lowest BCUT2D eigenvalue weighted by Crippen LogP contribution is -2.36. The molecule has 2 fully saturated rings. The Morgan fingerprint density at radius 3 is 2.64 bits per heavy atom. The number of hydrogen-bond donors (Lipinski definition) is 2. The summed E-state index contributed by atoms with van der Waals surface area (Å²) in [6.07, 6.45) is 5.98. The van der Waals surface area contributed by atoms with Crippen LogP contribution in [-0.2, 0) is 0 Å². The number of rotatable bonds is 0. The SMILES string of the molecule is N[C@@H]1[C@@H]2CCCC[C@@H]2C[C@@H]1O. The number of aliphatic hydroxyl groups is 1. The summed E-state index contributed by atoms with van der Waals surface area (Å²) < 4.78 is 0. The van der Waals surface area contributed by atoms with Crippen LogP contribution in [0.2, 0.25) is 0 Å². The van der Waals surface area contributed by atoms with E-state index in [-0.39, 0.29) is 12.1 Å². The first-order valence-electron chi connectivity index (χ1n) is 4.72. The van der Waals surface area contributed by atoms with E-state index in [4.69, 9.17) is 5.73 Å². The van der Waals surface area contributed by atoms with Crippen LogP contribution in [0.4, 0.5) is 0 Å². The van der Waals surface area contributed by atoms with Crippen molar-refractivity contribution in [3.05, 3.63) is 0 Å². The van der Waals surface area contributed by atoms with E-state index in [0.717, 1.165) is 12.3 Å². The Kier molecular flexibility index (Phi) is 1.90. The minimum Gasteiger partial charge on any atom is -0.391 e. The summed E-state index contributed by atoms with van der Waals surface area (Å²) in [6, 6.07) is 0.0836. The molecular formula is C9H17NO. The van der Waals surface area contributed by atoms with Crippen molar-refractivity contribution < 1.29 is 5.11 Å². The lowest BCUT2D eigenvalue weighted by Gasteiger charge is -2.27. The predicted octanol–water partition coefficient (Wildman–Crippen LogP) is 0.885. The molecule has 2 aliphatic carbocycles. The van der Waals surface area contributed by atoms with Crippen LogP contribution in [-0.4, -0.2) is 17.3 Å². The molecule has 4 atom stereocenters. The van der Waals surface area contributed by atoms with E-state index in [1.165, 1.54) is 25.7 Å². The van der Waals surface area contributed by atoms with Gasteiger partial charge in [0, 0.05) is 6.04 Å². The summed E-state index contributed by atoms with van der Waals surface area (Å²) in [5, 5.41) is 9.50. The van der Waals surface area contributed by atoms with Gasteiger partial charge in [-0.3, -0.25) is 0 Å². The summed E-state index contributed by atoms with van der Waals surface area (Å²) in [5.41, 5.74) is 5.88. The summed E-state index contributed by atoms with van der Waals surface area (Å²) in [5.74, 6) is 1.38. The van der Waals surface area contributed by atoms with Gasteiger partial charge in [0.05, 0.1) is 6.10 Å². The molecule has 11 heavy (non-hydrogen) atoms. The normalized spacial score (nSPS) is 50.7. The van der Waals surface area contributed by atoms with Crippen molar-refractivity contribution in [3.8, 4) is 0 Å². The first-order chi connectivity index (χ1) is 5.29. The molecule has 0 aliphatic heterocycles. The Balaban J connectivity index is 2.05. The molecule has 2 heteroatoms. The smallest absolute Gasteiger partial charge is 0.0696 e. The highest BCUT2D eigenvalue weighted by molar-refractivity contribution is 4.95. The Morgan fingerprint density at radius 1 is 1.18 bits per heavy atom. The molecule has 0 aromatic carbocycles. The van der Waals surface area contributed by atoms with Gasteiger partial charge in [-0.05, 0) is 24.7 Å². The molecule has 2 aliphatic rings. The molecule has 2 nitrogen and oxygen atoms in total. The van der Waals surface area contributed by atoms with Gasteiger partial charge in [0.15, 0.2) is 0 Å². The van der Waals surface area contributed by atoms with E-state index >= 15 is 0 Å². The van der Waals surface area contributed by atoms with Crippen molar-refractivity contribution in [2.45, 2.75) is 44.2 Å². The second-order valence-corrected chi connectivity index (χ2v) is 4.09. The fourth-order valence-corrected chi connectivity index (χ4v) is 2.79. The van der Waals surface area contributed by atoms with E-state index in [0.29, 0.717) is 5.92 Å². The van der Waals surface area contributed by atoms with Gasteiger partial charge in [0.1, 0.15) is 0 Å². The molecule has 0 spiro atoms. The maximum absolute atomic E-state index is 9.50. The third-order valence-electron chi connectivity index (χ3n) is 3.45. The average molecular weight is 155 g/mol. The van der Waals surface area contributed by atoms with E-state index in [1.807, 2.05) is 0 Å². The van der Waals surface area contributed by atoms with Gasteiger partial charge in [0.2, 0.25) is 0 Å². The zero-order valence-corrected chi connectivity index (χ0v) is 6.87. The predicted molar refractivity (Wildman–Crippen MR) is 44.0 cm³/mol. The summed E-state index contributed by atoms with van der Waals surface area (Å²) in [4.78, 5) is 0. The second kappa shape index (κ2) is 2.76. The van der Waals surface area contributed by atoms with Crippen molar-refractivity contribution in [2.24, 2.45) is 17.6 Å². The quantitative estimate of drug-likeness (QED) is 0.545. The van der Waals surface area contributed by atoms with E-state index in [2.05, 4.69) is 0 Å². The summed E-state index contributed by atoms with van der Waals surface area (Å²) >= 11 is 0. The summed E-state index contributed by atoms with van der Waals surface area (Å²) in [7, 11) is 0. The molecule has 0 radical (unpaired) electrons. The van der Waals surface area contributed by atoms with Crippen molar-refractivity contribution in [3.63, 3.8) is 0 Å². The Hall–Kier alpha value is -0.0800. The fraction of sp³-hybridized carbons (Fsp3) is 1.00. The topological polar surface area (TPSA) is 46.2 Å².